The number of hydrogen-bond donors (Lipinski definition) is 0. The molecule has 3 nitrogen and oxygen atoms in total. The van der Waals surface area contributed by atoms with Gasteiger partial charge in [0.05, 0.1) is 11.3 Å². The molecule has 0 spiro atoms. The highest BCUT2D eigenvalue weighted by atomic mass is 16.5. The van der Waals surface area contributed by atoms with E-state index in [1.807, 2.05) is 18.2 Å². The van der Waals surface area contributed by atoms with Crippen LogP contribution in [0.2, 0.25) is 0 Å². The summed E-state index contributed by atoms with van der Waals surface area (Å²) in [5.74, 6) is 1.57. The van der Waals surface area contributed by atoms with Crippen LogP contribution in [0.1, 0.15) is 16.8 Å². The van der Waals surface area contributed by atoms with E-state index in [1.54, 1.807) is 12.3 Å². The van der Waals surface area contributed by atoms with E-state index >= 15 is 0 Å². The Hall–Kier alpha value is -2.34. The van der Waals surface area contributed by atoms with Crippen LogP contribution in [0.5, 0.6) is 11.5 Å². The summed E-state index contributed by atoms with van der Waals surface area (Å²) in [5.41, 5.74) is 2.63. The van der Waals surface area contributed by atoms with Crippen molar-refractivity contribution in [1.29, 1.82) is 5.26 Å². The van der Waals surface area contributed by atoms with Crippen LogP contribution in [0, 0.1) is 11.3 Å². The molecule has 0 unspecified atom stereocenters. The summed E-state index contributed by atoms with van der Waals surface area (Å²) in [5, 5.41) is 8.86. The molecule has 0 bridgehead atoms. The van der Waals surface area contributed by atoms with Crippen molar-refractivity contribution in [3.63, 3.8) is 0 Å². The largest absolute Gasteiger partial charge is 0.455 e. The second-order valence-corrected chi connectivity index (χ2v) is 3.99. The van der Waals surface area contributed by atoms with E-state index in [-0.39, 0.29) is 0 Å². The number of nitriles is 1. The fourth-order valence-electron chi connectivity index (χ4n) is 1.99. The molecule has 0 atom stereocenters. The summed E-state index contributed by atoms with van der Waals surface area (Å²) in [7, 11) is 0. The Morgan fingerprint density at radius 3 is 2.94 bits per heavy atom. The predicted octanol–water partition coefficient (Wildman–Crippen LogP) is 2.84. The van der Waals surface area contributed by atoms with Crippen LogP contribution in [-0.4, -0.2) is 4.98 Å². The molecule has 0 aliphatic carbocycles. The molecule has 2 heterocycles. The van der Waals surface area contributed by atoms with E-state index in [9.17, 15) is 0 Å². The number of benzene rings is 1. The zero-order valence-corrected chi connectivity index (χ0v) is 9.18. The first-order valence-corrected chi connectivity index (χ1v) is 5.51. The van der Waals surface area contributed by atoms with E-state index in [4.69, 9.17) is 10.00 Å². The molecule has 3 heteroatoms. The lowest BCUT2D eigenvalue weighted by molar-refractivity contribution is 0.476. The molecule has 0 saturated heterocycles. The second-order valence-electron chi connectivity index (χ2n) is 3.99. The van der Waals surface area contributed by atoms with E-state index in [0.29, 0.717) is 11.3 Å². The fourth-order valence-corrected chi connectivity index (χ4v) is 1.99. The van der Waals surface area contributed by atoms with Gasteiger partial charge in [0.1, 0.15) is 17.6 Å². The Morgan fingerprint density at radius 1 is 1.18 bits per heavy atom. The summed E-state index contributed by atoms with van der Waals surface area (Å²) in [4.78, 5) is 4.29. The Labute approximate surface area is 99.3 Å². The number of nitrogens with zero attached hydrogens (tertiary/aromatic N) is 2. The number of para-hydroxylation sites is 1. The van der Waals surface area contributed by atoms with Crippen LogP contribution in [0.3, 0.4) is 0 Å². The highest BCUT2D eigenvalue weighted by Crippen LogP contribution is 2.32. The maximum absolute atomic E-state index is 8.86. The summed E-state index contributed by atoms with van der Waals surface area (Å²) in [6.07, 6.45) is 3.36. The number of pyridine rings is 1. The van der Waals surface area contributed by atoms with Crippen LogP contribution in [-0.2, 0) is 12.8 Å². The average molecular weight is 222 g/mol. The molecule has 82 valence electrons. The van der Waals surface area contributed by atoms with Crippen LogP contribution in [0.25, 0.3) is 0 Å². The van der Waals surface area contributed by atoms with Crippen molar-refractivity contribution in [3.05, 3.63) is 53.3 Å². The van der Waals surface area contributed by atoms with Gasteiger partial charge in [-0.2, -0.15) is 5.26 Å². The molecule has 0 saturated carbocycles. The van der Waals surface area contributed by atoms with Gasteiger partial charge in [0.15, 0.2) is 0 Å². The average Bonchev–Trinajstić information content (AvgIpc) is 2.56. The first-order chi connectivity index (χ1) is 8.36. The van der Waals surface area contributed by atoms with Gasteiger partial charge in [-0.15, -0.1) is 0 Å². The smallest absolute Gasteiger partial charge is 0.150 e. The molecule has 0 N–H and O–H groups in total. The number of fused-ring (bicyclic) bond motifs is 2. The van der Waals surface area contributed by atoms with Gasteiger partial charge in [-0.05, 0) is 24.5 Å². The van der Waals surface area contributed by atoms with Crippen molar-refractivity contribution in [2.75, 3.05) is 0 Å². The molecule has 1 aromatic carbocycles. The molecular formula is C14H10N2O. The van der Waals surface area contributed by atoms with Gasteiger partial charge in [0.25, 0.3) is 0 Å². The van der Waals surface area contributed by atoms with Crippen molar-refractivity contribution in [2.45, 2.75) is 12.8 Å². The summed E-state index contributed by atoms with van der Waals surface area (Å²) >= 11 is 0. The minimum absolute atomic E-state index is 0.531. The van der Waals surface area contributed by atoms with Gasteiger partial charge in [-0.1, -0.05) is 18.2 Å². The molecule has 1 aromatic heterocycles. The van der Waals surface area contributed by atoms with E-state index < -0.39 is 0 Å². The first kappa shape index (κ1) is 9.86. The van der Waals surface area contributed by atoms with E-state index in [0.717, 1.165) is 24.3 Å². The zero-order chi connectivity index (χ0) is 11.7. The van der Waals surface area contributed by atoms with Crippen molar-refractivity contribution in [3.8, 4) is 17.6 Å². The van der Waals surface area contributed by atoms with Gasteiger partial charge in [-0.3, -0.25) is 4.98 Å². The maximum atomic E-state index is 8.86. The number of aryl methyl sites for hydroxylation is 2. The van der Waals surface area contributed by atoms with E-state index in [1.165, 1.54) is 5.56 Å². The Balaban J connectivity index is 2.09. The molecule has 0 radical (unpaired) electrons. The summed E-state index contributed by atoms with van der Waals surface area (Å²) in [6.45, 7) is 0. The quantitative estimate of drug-likeness (QED) is 0.688. The highest BCUT2D eigenvalue weighted by molar-refractivity contribution is 5.45. The molecule has 0 fully saturated rings. The van der Waals surface area contributed by atoms with Crippen LogP contribution >= 0.6 is 0 Å². The van der Waals surface area contributed by atoms with Gasteiger partial charge < -0.3 is 4.74 Å². The number of rotatable bonds is 0. The van der Waals surface area contributed by atoms with E-state index in [2.05, 4.69) is 17.1 Å². The predicted molar refractivity (Wildman–Crippen MR) is 62.9 cm³/mol. The summed E-state index contributed by atoms with van der Waals surface area (Å²) in [6, 6.07) is 11.8. The molecule has 2 aromatic rings. The molecule has 1 aliphatic heterocycles. The maximum Gasteiger partial charge on any atom is 0.150 e. The Bertz CT molecular complexity index is 614. The minimum atomic E-state index is 0.531. The molecule has 17 heavy (non-hydrogen) atoms. The number of ether oxygens (including phenoxy) is 1. The van der Waals surface area contributed by atoms with Crippen molar-refractivity contribution >= 4 is 0 Å². The van der Waals surface area contributed by atoms with Crippen molar-refractivity contribution in [1.82, 2.24) is 4.98 Å². The zero-order valence-electron chi connectivity index (χ0n) is 9.18. The monoisotopic (exact) mass is 222 g/mol. The standard InChI is InChI=1S/C14H10N2O/c15-8-10-7-14-12(16-9-10)6-5-11-3-1-2-4-13(11)17-14/h1-4,7,9H,5-6H2. The van der Waals surface area contributed by atoms with Crippen molar-refractivity contribution < 1.29 is 4.74 Å². The first-order valence-electron chi connectivity index (χ1n) is 5.51. The van der Waals surface area contributed by atoms with Crippen molar-refractivity contribution in [2.24, 2.45) is 0 Å². The van der Waals surface area contributed by atoms with Gasteiger partial charge in [0, 0.05) is 12.3 Å². The fraction of sp³-hybridized carbons (Fsp3) is 0.143. The minimum Gasteiger partial charge on any atom is -0.455 e. The third-order valence-corrected chi connectivity index (χ3v) is 2.88. The highest BCUT2D eigenvalue weighted by Gasteiger charge is 2.15. The molecule has 1 aliphatic rings. The second kappa shape index (κ2) is 3.91. The lowest BCUT2D eigenvalue weighted by Crippen LogP contribution is -1.93. The lowest BCUT2D eigenvalue weighted by Gasteiger charge is -2.07. The molecular weight excluding hydrogens is 212 g/mol. The molecule has 3 rings (SSSR count). The Kier molecular flexibility index (Phi) is 2.27. The van der Waals surface area contributed by atoms with Crippen LogP contribution in [0.15, 0.2) is 36.5 Å². The summed E-state index contributed by atoms with van der Waals surface area (Å²) < 4.78 is 5.83. The lowest BCUT2D eigenvalue weighted by atomic mass is 10.1. The van der Waals surface area contributed by atoms with Crippen LogP contribution in [0.4, 0.5) is 0 Å². The topological polar surface area (TPSA) is 45.9 Å². The Morgan fingerprint density at radius 2 is 2.06 bits per heavy atom. The number of aromatic nitrogens is 1. The third kappa shape index (κ3) is 1.74. The van der Waals surface area contributed by atoms with Gasteiger partial charge >= 0.3 is 0 Å². The third-order valence-electron chi connectivity index (χ3n) is 2.88. The molecule has 0 amide bonds. The van der Waals surface area contributed by atoms with Crippen LogP contribution < -0.4 is 4.74 Å². The normalized spacial score (nSPS) is 12.6. The number of hydrogen-bond acceptors (Lipinski definition) is 3. The van der Waals surface area contributed by atoms with Gasteiger partial charge in [0.2, 0.25) is 0 Å². The van der Waals surface area contributed by atoms with Gasteiger partial charge in [-0.25, -0.2) is 0 Å². The SMILES string of the molecule is N#Cc1cnc2c(c1)Oc1ccccc1CC2.